The summed E-state index contributed by atoms with van der Waals surface area (Å²) in [4.78, 5) is 4.17. The third-order valence-corrected chi connectivity index (χ3v) is 2.36. The highest BCUT2D eigenvalue weighted by atomic mass is 19.3. The first-order valence-corrected chi connectivity index (χ1v) is 6.39. The summed E-state index contributed by atoms with van der Waals surface area (Å²) in [6.07, 6.45) is 0.482. The van der Waals surface area contributed by atoms with E-state index in [9.17, 15) is 8.78 Å². The van der Waals surface area contributed by atoms with Crippen molar-refractivity contribution in [3.63, 3.8) is 0 Å². The number of guanidine groups is 1. The lowest BCUT2D eigenvalue weighted by molar-refractivity contribution is -0.0504. The average Bonchev–Trinajstić information content (AvgIpc) is 2.28. The zero-order valence-electron chi connectivity index (χ0n) is 12.0. The Bertz CT molecular complexity index is 456. The van der Waals surface area contributed by atoms with Gasteiger partial charge < -0.3 is 15.8 Å². The van der Waals surface area contributed by atoms with Crippen LogP contribution in [-0.4, -0.2) is 24.7 Å². The Morgan fingerprint density at radius 3 is 2.60 bits per heavy atom. The number of halogens is 2. The lowest BCUT2D eigenvalue weighted by atomic mass is 10.1. The van der Waals surface area contributed by atoms with Crippen molar-refractivity contribution in [3.8, 4) is 5.75 Å². The lowest BCUT2D eigenvalue weighted by Gasteiger charge is -2.21. The molecule has 0 spiro atoms. The first kappa shape index (κ1) is 16.2. The molecule has 0 atom stereocenters. The zero-order valence-corrected chi connectivity index (χ0v) is 12.0. The maximum absolute atomic E-state index is 12.3. The number of ether oxygens (including phenoxy) is 1. The van der Waals surface area contributed by atoms with Crippen molar-refractivity contribution in [3.05, 3.63) is 29.8 Å². The molecule has 0 aliphatic rings. The van der Waals surface area contributed by atoms with E-state index < -0.39 is 6.61 Å². The van der Waals surface area contributed by atoms with Gasteiger partial charge in [0, 0.05) is 12.1 Å². The first-order valence-electron chi connectivity index (χ1n) is 6.39. The topological polar surface area (TPSA) is 59.6 Å². The SMILES string of the molecule is CC(C)(C)NC(N)=NCCc1ccccc1OC(F)F. The smallest absolute Gasteiger partial charge is 0.387 e. The fourth-order valence-corrected chi connectivity index (χ4v) is 1.64. The number of nitrogens with one attached hydrogen (secondary N) is 1. The number of nitrogens with two attached hydrogens (primary N) is 1. The second-order valence-corrected chi connectivity index (χ2v) is 5.38. The molecule has 3 N–H and O–H groups in total. The van der Waals surface area contributed by atoms with E-state index in [1.54, 1.807) is 18.2 Å². The van der Waals surface area contributed by atoms with Crippen molar-refractivity contribution in [2.75, 3.05) is 6.54 Å². The third-order valence-electron chi connectivity index (χ3n) is 2.36. The molecule has 0 radical (unpaired) electrons. The van der Waals surface area contributed by atoms with Crippen LogP contribution in [0.25, 0.3) is 0 Å². The number of hydrogen-bond acceptors (Lipinski definition) is 2. The van der Waals surface area contributed by atoms with Crippen molar-refractivity contribution in [1.82, 2.24) is 5.32 Å². The van der Waals surface area contributed by atoms with E-state index >= 15 is 0 Å². The fraction of sp³-hybridized carbons (Fsp3) is 0.500. The number of nitrogens with zero attached hydrogens (tertiary/aromatic N) is 1. The molecule has 0 bridgehead atoms. The monoisotopic (exact) mass is 285 g/mol. The van der Waals surface area contributed by atoms with E-state index in [4.69, 9.17) is 5.73 Å². The van der Waals surface area contributed by atoms with E-state index in [-0.39, 0.29) is 11.3 Å². The molecule has 0 saturated carbocycles. The van der Waals surface area contributed by atoms with Gasteiger partial charge in [-0.3, -0.25) is 4.99 Å². The molecule has 112 valence electrons. The van der Waals surface area contributed by atoms with Gasteiger partial charge in [-0.15, -0.1) is 0 Å². The van der Waals surface area contributed by atoms with E-state index in [0.29, 0.717) is 24.5 Å². The Kier molecular flexibility index (Phi) is 5.73. The summed E-state index contributed by atoms with van der Waals surface area (Å²) in [5.74, 6) is 0.518. The number of rotatable bonds is 5. The van der Waals surface area contributed by atoms with Crippen LogP contribution >= 0.6 is 0 Å². The Morgan fingerprint density at radius 1 is 1.35 bits per heavy atom. The van der Waals surface area contributed by atoms with Gasteiger partial charge >= 0.3 is 6.61 Å². The molecule has 0 amide bonds. The lowest BCUT2D eigenvalue weighted by Crippen LogP contribution is -2.45. The molecular weight excluding hydrogens is 264 g/mol. The van der Waals surface area contributed by atoms with Gasteiger partial charge in [-0.05, 0) is 38.8 Å². The van der Waals surface area contributed by atoms with Crippen LogP contribution in [0.4, 0.5) is 8.78 Å². The summed E-state index contributed by atoms with van der Waals surface area (Å²) in [6.45, 7) is 3.49. The van der Waals surface area contributed by atoms with Crippen LogP contribution in [0, 0.1) is 0 Å². The van der Waals surface area contributed by atoms with Crippen LogP contribution < -0.4 is 15.8 Å². The minimum absolute atomic E-state index is 0.162. The van der Waals surface area contributed by atoms with Gasteiger partial charge in [0.15, 0.2) is 5.96 Å². The van der Waals surface area contributed by atoms with Crippen molar-refractivity contribution < 1.29 is 13.5 Å². The standard InChI is InChI=1S/C14H21F2N3O/c1-14(2,3)19-13(17)18-9-8-10-6-4-5-7-11(10)20-12(15)16/h4-7,12H,8-9H2,1-3H3,(H3,17,18,19). The van der Waals surface area contributed by atoms with Crippen LogP contribution in [0.15, 0.2) is 29.3 Å². The molecule has 20 heavy (non-hydrogen) atoms. The van der Waals surface area contributed by atoms with Crippen LogP contribution in [-0.2, 0) is 6.42 Å². The van der Waals surface area contributed by atoms with Gasteiger partial charge in [0.05, 0.1) is 0 Å². The van der Waals surface area contributed by atoms with E-state index in [2.05, 4.69) is 15.0 Å². The number of para-hydroxylation sites is 1. The molecule has 0 aliphatic heterocycles. The average molecular weight is 285 g/mol. The highest BCUT2D eigenvalue weighted by Gasteiger charge is 2.10. The molecule has 0 saturated heterocycles. The zero-order chi connectivity index (χ0) is 15.2. The maximum Gasteiger partial charge on any atom is 0.387 e. The molecule has 1 aromatic rings. The summed E-state index contributed by atoms with van der Waals surface area (Å²) in [7, 11) is 0. The molecule has 0 aliphatic carbocycles. The normalized spacial score (nSPS) is 12.6. The highest BCUT2D eigenvalue weighted by Crippen LogP contribution is 2.20. The van der Waals surface area contributed by atoms with Crippen LogP contribution in [0.2, 0.25) is 0 Å². The molecule has 0 heterocycles. The van der Waals surface area contributed by atoms with Crippen molar-refractivity contribution in [1.29, 1.82) is 0 Å². The number of aliphatic imine (C=N–C) groups is 1. The van der Waals surface area contributed by atoms with Gasteiger partial charge in [-0.25, -0.2) is 0 Å². The predicted molar refractivity (Wildman–Crippen MR) is 76.2 cm³/mol. The maximum atomic E-state index is 12.3. The molecule has 0 unspecified atom stereocenters. The number of benzene rings is 1. The highest BCUT2D eigenvalue weighted by molar-refractivity contribution is 5.78. The fourth-order valence-electron chi connectivity index (χ4n) is 1.64. The van der Waals surface area contributed by atoms with E-state index in [1.807, 2.05) is 20.8 Å². The summed E-state index contributed by atoms with van der Waals surface area (Å²) >= 11 is 0. The Hall–Kier alpha value is -1.85. The summed E-state index contributed by atoms with van der Waals surface area (Å²) in [5, 5.41) is 3.03. The van der Waals surface area contributed by atoms with Gasteiger partial charge in [-0.1, -0.05) is 18.2 Å². The summed E-state index contributed by atoms with van der Waals surface area (Å²) < 4.78 is 29.0. The Labute approximate surface area is 118 Å². The summed E-state index contributed by atoms with van der Waals surface area (Å²) in [5.41, 5.74) is 6.25. The molecule has 0 aromatic heterocycles. The molecule has 1 rings (SSSR count). The van der Waals surface area contributed by atoms with Crippen molar-refractivity contribution >= 4 is 5.96 Å². The number of alkyl halides is 2. The quantitative estimate of drug-likeness (QED) is 0.645. The Balaban J connectivity index is 2.60. The van der Waals surface area contributed by atoms with Crippen molar-refractivity contribution in [2.45, 2.75) is 39.3 Å². The van der Waals surface area contributed by atoms with Crippen LogP contribution in [0.3, 0.4) is 0 Å². The molecule has 1 aromatic carbocycles. The van der Waals surface area contributed by atoms with Crippen LogP contribution in [0.1, 0.15) is 26.3 Å². The van der Waals surface area contributed by atoms with E-state index in [1.165, 1.54) is 6.07 Å². The molecule has 6 heteroatoms. The molecule has 0 fully saturated rings. The minimum atomic E-state index is -2.83. The van der Waals surface area contributed by atoms with Gasteiger partial charge in [0.1, 0.15) is 5.75 Å². The molecular formula is C14H21F2N3O. The largest absolute Gasteiger partial charge is 0.435 e. The van der Waals surface area contributed by atoms with Gasteiger partial charge in [0.2, 0.25) is 0 Å². The van der Waals surface area contributed by atoms with Crippen molar-refractivity contribution in [2.24, 2.45) is 10.7 Å². The van der Waals surface area contributed by atoms with Gasteiger partial charge in [0.25, 0.3) is 0 Å². The third kappa shape index (κ3) is 6.36. The predicted octanol–water partition coefficient (Wildman–Crippen LogP) is 2.53. The Morgan fingerprint density at radius 2 is 2.00 bits per heavy atom. The van der Waals surface area contributed by atoms with E-state index in [0.717, 1.165) is 0 Å². The van der Waals surface area contributed by atoms with Crippen LogP contribution in [0.5, 0.6) is 5.75 Å². The summed E-state index contributed by atoms with van der Waals surface area (Å²) in [6, 6.07) is 6.68. The second kappa shape index (κ2) is 7.07. The number of hydrogen-bond donors (Lipinski definition) is 2. The van der Waals surface area contributed by atoms with Gasteiger partial charge in [-0.2, -0.15) is 8.78 Å². The molecule has 4 nitrogen and oxygen atoms in total. The second-order valence-electron chi connectivity index (χ2n) is 5.38. The first-order chi connectivity index (χ1) is 9.28. The minimum Gasteiger partial charge on any atom is -0.435 e.